The van der Waals surface area contributed by atoms with Crippen LogP contribution in [0.2, 0.25) is 4.34 Å². The molecule has 1 unspecified atom stereocenters. The summed E-state index contributed by atoms with van der Waals surface area (Å²) in [5.74, 6) is 0.479. The quantitative estimate of drug-likeness (QED) is 0.860. The molecular formula is C16H14Cl2FN3OS. The number of anilines is 1. The van der Waals surface area contributed by atoms with Gasteiger partial charge < -0.3 is 10.0 Å². The minimum atomic E-state index is -0.309. The summed E-state index contributed by atoms with van der Waals surface area (Å²) in [5, 5.41) is 10.3. The van der Waals surface area contributed by atoms with Crippen molar-refractivity contribution >= 4 is 51.9 Å². The number of aliphatic imine (C=N–C) groups is 2. The van der Waals surface area contributed by atoms with Crippen molar-refractivity contribution in [1.82, 2.24) is 0 Å². The highest BCUT2D eigenvalue weighted by atomic mass is 35.5. The van der Waals surface area contributed by atoms with E-state index in [1.807, 2.05) is 11.0 Å². The predicted octanol–water partition coefficient (Wildman–Crippen LogP) is 3.39. The molecule has 0 radical (unpaired) electrons. The normalized spacial score (nSPS) is 19.0. The van der Waals surface area contributed by atoms with Crippen LogP contribution in [0.15, 0.2) is 40.3 Å². The second kappa shape index (κ2) is 6.80. The lowest BCUT2D eigenvalue weighted by Crippen LogP contribution is -2.30. The third kappa shape index (κ3) is 2.84. The van der Waals surface area contributed by atoms with Gasteiger partial charge in [-0.05, 0) is 18.2 Å². The summed E-state index contributed by atoms with van der Waals surface area (Å²) in [6.07, 6.45) is 0. The standard InChI is InChI=1S/C16H13ClFN3OS.ClH/c17-13-5-11-15(10-3-1-2-4-12(10)18)19-6-14-20-9(8-22)7-21(14)16(11)23-13;/h1-5,9,22H,6-8H2;1H. The fourth-order valence-electron chi connectivity index (χ4n) is 2.90. The summed E-state index contributed by atoms with van der Waals surface area (Å²) in [6, 6.07) is 8.27. The van der Waals surface area contributed by atoms with Gasteiger partial charge in [-0.15, -0.1) is 23.7 Å². The molecule has 0 fully saturated rings. The van der Waals surface area contributed by atoms with E-state index in [4.69, 9.17) is 11.6 Å². The van der Waals surface area contributed by atoms with E-state index in [2.05, 4.69) is 9.98 Å². The topological polar surface area (TPSA) is 48.2 Å². The highest BCUT2D eigenvalue weighted by molar-refractivity contribution is 7.20. The Morgan fingerprint density at radius 2 is 2.12 bits per heavy atom. The Kier molecular flexibility index (Phi) is 4.92. The number of benzene rings is 1. The molecule has 126 valence electrons. The third-order valence-corrected chi connectivity index (χ3v) is 5.22. The molecular weight excluding hydrogens is 372 g/mol. The van der Waals surface area contributed by atoms with Gasteiger partial charge in [-0.25, -0.2) is 4.39 Å². The van der Waals surface area contributed by atoms with Gasteiger partial charge >= 0.3 is 0 Å². The Balaban J connectivity index is 0.00000169. The van der Waals surface area contributed by atoms with Gasteiger partial charge in [0.15, 0.2) is 0 Å². The van der Waals surface area contributed by atoms with E-state index in [0.29, 0.717) is 28.7 Å². The number of hydrogen-bond donors (Lipinski definition) is 1. The maximum Gasteiger partial charge on any atom is 0.132 e. The zero-order valence-corrected chi connectivity index (χ0v) is 14.8. The first-order valence-electron chi connectivity index (χ1n) is 7.21. The van der Waals surface area contributed by atoms with E-state index in [9.17, 15) is 9.50 Å². The largest absolute Gasteiger partial charge is 0.394 e. The summed E-state index contributed by atoms with van der Waals surface area (Å²) < 4.78 is 14.8. The Labute approximate surface area is 153 Å². The van der Waals surface area contributed by atoms with Crippen LogP contribution >= 0.6 is 35.3 Å². The van der Waals surface area contributed by atoms with Gasteiger partial charge in [0.1, 0.15) is 16.7 Å². The molecule has 0 saturated heterocycles. The zero-order valence-electron chi connectivity index (χ0n) is 12.4. The van der Waals surface area contributed by atoms with Crippen LogP contribution < -0.4 is 4.90 Å². The molecule has 4 nitrogen and oxygen atoms in total. The molecule has 24 heavy (non-hydrogen) atoms. The van der Waals surface area contributed by atoms with Crippen molar-refractivity contribution in [3.8, 4) is 0 Å². The van der Waals surface area contributed by atoms with Crippen molar-refractivity contribution in [3.05, 3.63) is 51.6 Å². The van der Waals surface area contributed by atoms with E-state index in [-0.39, 0.29) is 30.9 Å². The summed E-state index contributed by atoms with van der Waals surface area (Å²) in [5.41, 5.74) is 1.87. The van der Waals surface area contributed by atoms with Crippen molar-refractivity contribution in [1.29, 1.82) is 0 Å². The Morgan fingerprint density at radius 1 is 1.33 bits per heavy atom. The summed E-state index contributed by atoms with van der Waals surface area (Å²) in [7, 11) is 0. The van der Waals surface area contributed by atoms with E-state index in [0.717, 1.165) is 16.4 Å². The smallest absolute Gasteiger partial charge is 0.132 e. The Bertz CT molecular complexity index is 836. The zero-order chi connectivity index (χ0) is 16.0. The molecule has 8 heteroatoms. The first-order valence-corrected chi connectivity index (χ1v) is 8.41. The average Bonchev–Trinajstić information content (AvgIpc) is 3.10. The molecule has 4 rings (SSSR count). The Hall–Kier alpha value is -1.47. The molecule has 2 aromatic rings. The SMILES string of the molecule is Cl.OCC1CN2C(=N1)CN=C(c1ccccc1F)c1cc(Cl)sc12. The van der Waals surface area contributed by atoms with Gasteiger partial charge in [0.05, 0.1) is 29.2 Å². The number of amidine groups is 1. The minimum absolute atomic E-state index is 0. The van der Waals surface area contributed by atoms with Crippen LogP contribution in [-0.4, -0.2) is 42.4 Å². The van der Waals surface area contributed by atoms with Gasteiger partial charge in [-0.1, -0.05) is 23.7 Å². The van der Waals surface area contributed by atoms with Crippen LogP contribution in [0.25, 0.3) is 0 Å². The van der Waals surface area contributed by atoms with Crippen molar-refractivity contribution in [2.75, 3.05) is 24.6 Å². The third-order valence-electron chi connectivity index (χ3n) is 3.94. The summed E-state index contributed by atoms with van der Waals surface area (Å²) >= 11 is 7.63. The summed E-state index contributed by atoms with van der Waals surface area (Å²) in [6.45, 7) is 0.952. The Morgan fingerprint density at radius 3 is 2.88 bits per heavy atom. The number of nitrogens with zero attached hydrogens (tertiary/aromatic N) is 3. The van der Waals surface area contributed by atoms with Gasteiger partial charge in [0.2, 0.25) is 0 Å². The predicted molar refractivity (Wildman–Crippen MR) is 99.1 cm³/mol. The van der Waals surface area contributed by atoms with Gasteiger partial charge in [0.25, 0.3) is 0 Å². The molecule has 1 atom stereocenters. The number of aliphatic hydroxyl groups is 1. The van der Waals surface area contributed by atoms with Crippen LogP contribution in [0.5, 0.6) is 0 Å². The van der Waals surface area contributed by atoms with Crippen molar-refractivity contribution in [3.63, 3.8) is 0 Å². The first kappa shape index (κ1) is 17.4. The molecule has 1 N–H and O–H groups in total. The maximum absolute atomic E-state index is 14.2. The van der Waals surface area contributed by atoms with E-state index in [1.54, 1.807) is 18.2 Å². The number of aliphatic hydroxyl groups excluding tert-OH is 1. The minimum Gasteiger partial charge on any atom is -0.394 e. The lowest BCUT2D eigenvalue weighted by atomic mass is 10.0. The van der Waals surface area contributed by atoms with Crippen LogP contribution in [0.4, 0.5) is 9.39 Å². The highest BCUT2D eigenvalue weighted by Crippen LogP contribution is 2.39. The van der Waals surface area contributed by atoms with E-state index < -0.39 is 0 Å². The van der Waals surface area contributed by atoms with Crippen molar-refractivity contribution in [2.24, 2.45) is 9.98 Å². The molecule has 0 bridgehead atoms. The molecule has 3 heterocycles. The lowest BCUT2D eigenvalue weighted by Gasteiger charge is -2.18. The molecule has 0 spiro atoms. The molecule has 1 aromatic carbocycles. The van der Waals surface area contributed by atoms with E-state index in [1.165, 1.54) is 17.4 Å². The number of rotatable bonds is 2. The van der Waals surface area contributed by atoms with Crippen LogP contribution in [0, 0.1) is 5.82 Å². The van der Waals surface area contributed by atoms with Gasteiger partial charge in [0, 0.05) is 17.7 Å². The van der Waals surface area contributed by atoms with Crippen molar-refractivity contribution < 1.29 is 9.50 Å². The van der Waals surface area contributed by atoms with Crippen LogP contribution in [-0.2, 0) is 0 Å². The molecule has 2 aliphatic rings. The lowest BCUT2D eigenvalue weighted by molar-refractivity contribution is 0.273. The maximum atomic E-state index is 14.2. The highest BCUT2D eigenvalue weighted by Gasteiger charge is 2.32. The molecule has 1 aromatic heterocycles. The summed E-state index contributed by atoms with van der Waals surface area (Å²) in [4.78, 5) is 11.1. The van der Waals surface area contributed by atoms with Crippen LogP contribution in [0.3, 0.4) is 0 Å². The van der Waals surface area contributed by atoms with Crippen LogP contribution in [0.1, 0.15) is 11.1 Å². The first-order chi connectivity index (χ1) is 11.2. The van der Waals surface area contributed by atoms with Gasteiger partial charge in [-0.2, -0.15) is 0 Å². The monoisotopic (exact) mass is 385 g/mol. The fraction of sp³-hybridized carbons (Fsp3) is 0.250. The average molecular weight is 386 g/mol. The number of hydrogen-bond acceptors (Lipinski definition) is 5. The number of halogens is 3. The van der Waals surface area contributed by atoms with Gasteiger partial charge in [-0.3, -0.25) is 9.98 Å². The number of thiophene rings is 1. The molecule has 0 aliphatic carbocycles. The number of fused-ring (bicyclic) bond motifs is 3. The van der Waals surface area contributed by atoms with E-state index >= 15 is 0 Å². The molecule has 0 saturated carbocycles. The second-order valence-electron chi connectivity index (χ2n) is 5.41. The van der Waals surface area contributed by atoms with Crippen molar-refractivity contribution in [2.45, 2.75) is 6.04 Å². The second-order valence-corrected chi connectivity index (χ2v) is 7.07. The fourth-order valence-corrected chi connectivity index (χ4v) is 4.15. The molecule has 0 amide bonds. The molecule has 2 aliphatic heterocycles.